The zero-order valence-electron chi connectivity index (χ0n) is 20.6. The van der Waals surface area contributed by atoms with Crippen molar-refractivity contribution in [2.45, 2.75) is 116 Å². The van der Waals surface area contributed by atoms with Crippen LogP contribution in [0.15, 0.2) is 0 Å². The molecular weight excluding hydrogens is 408 g/mol. The van der Waals surface area contributed by atoms with Gasteiger partial charge in [0.2, 0.25) is 0 Å². The number of ether oxygens (including phenoxy) is 2. The summed E-state index contributed by atoms with van der Waals surface area (Å²) in [5.41, 5.74) is 0. The van der Waals surface area contributed by atoms with Gasteiger partial charge in [0.15, 0.2) is 8.32 Å². The van der Waals surface area contributed by atoms with E-state index in [1.165, 1.54) is 38.5 Å². The molecule has 0 amide bonds. The Bertz CT molecular complexity index is 563. The van der Waals surface area contributed by atoms with Gasteiger partial charge >= 0.3 is 0 Å². The van der Waals surface area contributed by atoms with Crippen LogP contribution in [0.25, 0.3) is 0 Å². The SMILES string of the molecule is CCC1OC(C2CCCCC(C#CCOCSC)CC2)CC1O[Si](C)(C)C(C)(C)C. The number of thioether (sulfide) groups is 1. The Labute approximate surface area is 191 Å². The van der Waals surface area contributed by atoms with Crippen LogP contribution in [0.4, 0.5) is 0 Å². The van der Waals surface area contributed by atoms with E-state index in [1.54, 1.807) is 11.8 Å². The Hall–Kier alpha value is 0.00688. The van der Waals surface area contributed by atoms with E-state index in [4.69, 9.17) is 13.9 Å². The summed E-state index contributed by atoms with van der Waals surface area (Å²) in [5.74, 6) is 8.66. The van der Waals surface area contributed by atoms with Crippen molar-refractivity contribution in [1.29, 1.82) is 0 Å². The molecule has 0 aromatic rings. The summed E-state index contributed by atoms with van der Waals surface area (Å²) in [4.78, 5) is 0. The van der Waals surface area contributed by atoms with E-state index < -0.39 is 8.32 Å². The summed E-state index contributed by atoms with van der Waals surface area (Å²) in [6.45, 7) is 14.5. The van der Waals surface area contributed by atoms with Crippen LogP contribution in [0, 0.1) is 23.7 Å². The molecule has 1 heterocycles. The maximum absolute atomic E-state index is 6.83. The van der Waals surface area contributed by atoms with Gasteiger partial charge in [-0.1, -0.05) is 52.4 Å². The van der Waals surface area contributed by atoms with Gasteiger partial charge in [-0.3, -0.25) is 0 Å². The van der Waals surface area contributed by atoms with Crippen molar-refractivity contribution in [2.24, 2.45) is 11.8 Å². The third-order valence-electron chi connectivity index (χ3n) is 7.35. The Morgan fingerprint density at radius 2 is 1.83 bits per heavy atom. The van der Waals surface area contributed by atoms with Gasteiger partial charge in [-0.25, -0.2) is 0 Å². The largest absolute Gasteiger partial charge is 0.411 e. The van der Waals surface area contributed by atoms with Gasteiger partial charge in [0.1, 0.15) is 6.61 Å². The Morgan fingerprint density at radius 3 is 2.50 bits per heavy atom. The van der Waals surface area contributed by atoms with E-state index in [-0.39, 0.29) is 17.2 Å². The topological polar surface area (TPSA) is 27.7 Å². The highest BCUT2D eigenvalue weighted by Gasteiger charge is 2.45. The molecule has 5 unspecified atom stereocenters. The van der Waals surface area contributed by atoms with Gasteiger partial charge in [-0.2, -0.15) is 0 Å². The molecule has 0 N–H and O–H groups in total. The minimum atomic E-state index is -1.77. The molecule has 2 fully saturated rings. The zero-order valence-corrected chi connectivity index (χ0v) is 22.4. The summed E-state index contributed by atoms with van der Waals surface area (Å²) in [6, 6.07) is 0. The maximum atomic E-state index is 6.83. The molecule has 5 atom stereocenters. The molecule has 1 saturated heterocycles. The smallest absolute Gasteiger partial charge is 0.192 e. The fraction of sp³-hybridized carbons (Fsp3) is 0.920. The van der Waals surface area contributed by atoms with Gasteiger partial charge < -0.3 is 13.9 Å². The summed E-state index contributed by atoms with van der Waals surface area (Å²) in [6.07, 6.45) is 12.6. The third-order valence-corrected chi connectivity index (χ3v) is 12.3. The van der Waals surface area contributed by atoms with Crippen LogP contribution in [0.5, 0.6) is 0 Å². The van der Waals surface area contributed by atoms with Crippen molar-refractivity contribution in [3.05, 3.63) is 0 Å². The first-order chi connectivity index (χ1) is 14.2. The van der Waals surface area contributed by atoms with Crippen LogP contribution in [-0.4, -0.2) is 45.4 Å². The van der Waals surface area contributed by atoms with E-state index in [2.05, 4.69) is 58.9 Å². The summed E-state index contributed by atoms with van der Waals surface area (Å²) >= 11 is 1.70. The molecular formula is C25H46O3SSi. The highest BCUT2D eigenvalue weighted by atomic mass is 32.2. The molecule has 0 spiro atoms. The number of rotatable bonds is 7. The van der Waals surface area contributed by atoms with E-state index in [9.17, 15) is 0 Å². The molecule has 2 aliphatic rings. The predicted molar refractivity (Wildman–Crippen MR) is 132 cm³/mol. The average molecular weight is 455 g/mol. The summed E-state index contributed by atoms with van der Waals surface area (Å²) in [5, 5.41) is 0.245. The van der Waals surface area contributed by atoms with E-state index in [1.807, 2.05) is 0 Å². The second-order valence-electron chi connectivity index (χ2n) is 10.7. The lowest BCUT2D eigenvalue weighted by atomic mass is 9.82. The predicted octanol–water partition coefficient (Wildman–Crippen LogP) is 6.87. The quantitative estimate of drug-likeness (QED) is 0.181. The van der Waals surface area contributed by atoms with Crippen molar-refractivity contribution in [1.82, 2.24) is 0 Å². The van der Waals surface area contributed by atoms with Crippen LogP contribution >= 0.6 is 11.8 Å². The number of hydrogen-bond acceptors (Lipinski definition) is 4. The molecule has 0 bridgehead atoms. The molecule has 5 heteroatoms. The fourth-order valence-electron chi connectivity index (χ4n) is 4.47. The van der Waals surface area contributed by atoms with Crippen LogP contribution in [-0.2, 0) is 13.9 Å². The van der Waals surface area contributed by atoms with Crippen molar-refractivity contribution in [2.75, 3.05) is 18.8 Å². The first-order valence-corrected chi connectivity index (χ1v) is 16.4. The molecule has 3 nitrogen and oxygen atoms in total. The molecule has 0 aromatic heterocycles. The second-order valence-corrected chi connectivity index (χ2v) is 16.2. The maximum Gasteiger partial charge on any atom is 0.192 e. The van der Waals surface area contributed by atoms with Crippen molar-refractivity contribution in [3.63, 3.8) is 0 Å². The van der Waals surface area contributed by atoms with Gasteiger partial charge in [0.05, 0.1) is 24.3 Å². The molecule has 1 saturated carbocycles. The lowest BCUT2D eigenvalue weighted by molar-refractivity contribution is -0.0160. The highest BCUT2D eigenvalue weighted by molar-refractivity contribution is 7.98. The van der Waals surface area contributed by atoms with E-state index in [0.717, 1.165) is 18.8 Å². The van der Waals surface area contributed by atoms with Crippen LogP contribution in [0.2, 0.25) is 18.1 Å². The van der Waals surface area contributed by atoms with Crippen LogP contribution in [0.3, 0.4) is 0 Å². The van der Waals surface area contributed by atoms with Gasteiger partial charge in [0, 0.05) is 12.3 Å². The highest BCUT2D eigenvalue weighted by Crippen LogP contribution is 2.42. The van der Waals surface area contributed by atoms with E-state index in [0.29, 0.717) is 24.5 Å². The molecule has 2 rings (SSSR count). The number of hydrogen-bond donors (Lipinski definition) is 0. The molecule has 1 aliphatic carbocycles. The van der Waals surface area contributed by atoms with Gasteiger partial charge in [-0.05, 0) is 62.4 Å². The first-order valence-electron chi connectivity index (χ1n) is 12.1. The van der Waals surface area contributed by atoms with Gasteiger partial charge in [-0.15, -0.1) is 11.8 Å². The van der Waals surface area contributed by atoms with Crippen molar-refractivity contribution >= 4 is 20.1 Å². The third kappa shape index (κ3) is 7.85. The normalized spacial score (nSPS) is 31.0. The molecule has 1 aliphatic heterocycles. The molecule has 30 heavy (non-hydrogen) atoms. The van der Waals surface area contributed by atoms with Crippen molar-refractivity contribution in [3.8, 4) is 11.8 Å². The Morgan fingerprint density at radius 1 is 1.10 bits per heavy atom. The summed E-state index contributed by atoms with van der Waals surface area (Å²) < 4.78 is 18.9. The van der Waals surface area contributed by atoms with Crippen LogP contribution < -0.4 is 0 Å². The average Bonchev–Trinajstić information content (AvgIpc) is 3.04. The Kier molecular flexibility index (Phi) is 10.8. The fourth-order valence-corrected chi connectivity index (χ4v) is 6.08. The second kappa shape index (κ2) is 12.3. The van der Waals surface area contributed by atoms with Crippen molar-refractivity contribution < 1.29 is 13.9 Å². The van der Waals surface area contributed by atoms with Gasteiger partial charge in [0.25, 0.3) is 0 Å². The Balaban J connectivity index is 1.93. The molecule has 0 radical (unpaired) electrons. The summed E-state index contributed by atoms with van der Waals surface area (Å²) in [7, 11) is -1.77. The zero-order chi connectivity index (χ0) is 22.2. The lowest BCUT2D eigenvalue weighted by Crippen LogP contribution is -2.45. The molecule has 174 valence electrons. The minimum absolute atomic E-state index is 0.245. The minimum Gasteiger partial charge on any atom is -0.411 e. The van der Waals surface area contributed by atoms with Crippen LogP contribution in [0.1, 0.15) is 79.1 Å². The first kappa shape index (κ1) is 26.3. The lowest BCUT2D eigenvalue weighted by Gasteiger charge is -2.39. The standard InChI is InChI=1S/C25H46O3SSi/c1-8-22-24(28-30(6,7)25(2,3)4)18-23(27-22)21-14-10-9-12-20(15-16-21)13-11-17-26-19-29-5/h20-24H,8-10,12,14-19H2,1-7H3. The van der Waals surface area contributed by atoms with E-state index >= 15 is 0 Å². The molecule has 0 aromatic carbocycles. The monoisotopic (exact) mass is 454 g/mol.